The molecule has 0 atom stereocenters. The summed E-state index contributed by atoms with van der Waals surface area (Å²) in [5, 5.41) is 1.19. The quantitative estimate of drug-likeness (QED) is 0.854. The average Bonchev–Trinajstić information content (AvgIpc) is 2.90. The summed E-state index contributed by atoms with van der Waals surface area (Å²) < 4.78 is 0. The number of anilines is 2. The zero-order valence-corrected chi connectivity index (χ0v) is 11.5. The second-order valence-corrected chi connectivity index (χ2v) is 5.64. The minimum Gasteiger partial charge on any atom is -0.399 e. The van der Waals surface area contributed by atoms with Gasteiger partial charge in [0, 0.05) is 36.6 Å². The van der Waals surface area contributed by atoms with Crippen molar-refractivity contribution in [3.63, 3.8) is 0 Å². The molecule has 0 unspecified atom stereocenters. The summed E-state index contributed by atoms with van der Waals surface area (Å²) in [6, 6.07) is 8.09. The van der Waals surface area contributed by atoms with Gasteiger partial charge < -0.3 is 10.6 Å². The van der Waals surface area contributed by atoms with Gasteiger partial charge in [0.05, 0.1) is 5.52 Å². The highest BCUT2D eigenvalue weighted by Crippen LogP contribution is 2.30. The van der Waals surface area contributed by atoms with Crippen molar-refractivity contribution in [3.8, 4) is 0 Å². The van der Waals surface area contributed by atoms with E-state index in [9.17, 15) is 0 Å². The third-order valence-corrected chi connectivity index (χ3v) is 4.16. The van der Waals surface area contributed by atoms with Crippen molar-refractivity contribution >= 4 is 22.3 Å². The number of hydrogen-bond donors (Lipinski definition) is 1. The number of nitrogen functional groups attached to an aromatic ring is 1. The van der Waals surface area contributed by atoms with E-state index in [2.05, 4.69) is 29.1 Å². The number of benzene rings is 1. The van der Waals surface area contributed by atoms with Crippen molar-refractivity contribution in [2.75, 3.05) is 24.2 Å². The Hall–Kier alpha value is -1.77. The van der Waals surface area contributed by atoms with Crippen molar-refractivity contribution in [1.82, 2.24) is 4.98 Å². The second-order valence-electron chi connectivity index (χ2n) is 5.64. The van der Waals surface area contributed by atoms with E-state index in [-0.39, 0.29) is 0 Å². The van der Waals surface area contributed by atoms with Crippen LogP contribution in [0.5, 0.6) is 0 Å². The van der Waals surface area contributed by atoms with Crippen molar-refractivity contribution in [2.45, 2.75) is 25.7 Å². The molecule has 0 radical (unpaired) electrons. The lowest BCUT2D eigenvalue weighted by Gasteiger charge is -2.24. The van der Waals surface area contributed by atoms with E-state index in [4.69, 9.17) is 5.73 Å². The molecule has 1 aromatic heterocycles. The Morgan fingerprint density at radius 2 is 2.05 bits per heavy atom. The Morgan fingerprint density at radius 3 is 2.84 bits per heavy atom. The SMILES string of the molecule is CN(CC1CCCC1)c1ccnc2cc(N)ccc12. The molecule has 100 valence electrons. The molecule has 2 N–H and O–H groups in total. The van der Waals surface area contributed by atoms with Crippen LogP contribution in [0.1, 0.15) is 25.7 Å². The molecule has 1 aliphatic rings. The van der Waals surface area contributed by atoms with Gasteiger partial charge in [-0.15, -0.1) is 0 Å². The number of nitrogens with zero attached hydrogens (tertiary/aromatic N) is 2. The monoisotopic (exact) mass is 255 g/mol. The highest BCUT2D eigenvalue weighted by Gasteiger charge is 2.18. The van der Waals surface area contributed by atoms with Gasteiger partial charge in [-0.1, -0.05) is 12.8 Å². The molecule has 1 aromatic carbocycles. The molecule has 1 aliphatic carbocycles. The van der Waals surface area contributed by atoms with Crippen LogP contribution in [0.2, 0.25) is 0 Å². The van der Waals surface area contributed by atoms with E-state index in [1.165, 1.54) is 36.8 Å². The van der Waals surface area contributed by atoms with Gasteiger partial charge in [-0.2, -0.15) is 0 Å². The molecule has 0 amide bonds. The average molecular weight is 255 g/mol. The van der Waals surface area contributed by atoms with Crippen LogP contribution in [0.4, 0.5) is 11.4 Å². The van der Waals surface area contributed by atoms with Crippen LogP contribution in [0.15, 0.2) is 30.5 Å². The van der Waals surface area contributed by atoms with Gasteiger partial charge >= 0.3 is 0 Å². The molecular weight excluding hydrogens is 234 g/mol. The lowest BCUT2D eigenvalue weighted by molar-refractivity contribution is 0.547. The smallest absolute Gasteiger partial charge is 0.0743 e. The van der Waals surface area contributed by atoms with E-state index < -0.39 is 0 Å². The lowest BCUT2D eigenvalue weighted by atomic mass is 10.1. The highest BCUT2D eigenvalue weighted by molar-refractivity contribution is 5.93. The molecule has 19 heavy (non-hydrogen) atoms. The predicted octanol–water partition coefficient (Wildman–Crippen LogP) is 3.44. The van der Waals surface area contributed by atoms with Crippen LogP contribution in [-0.2, 0) is 0 Å². The number of nitrogens with two attached hydrogens (primary N) is 1. The summed E-state index contributed by atoms with van der Waals surface area (Å²) in [6.07, 6.45) is 7.42. The van der Waals surface area contributed by atoms with E-state index in [1.807, 2.05) is 18.3 Å². The first-order chi connectivity index (χ1) is 9.24. The maximum absolute atomic E-state index is 5.83. The first-order valence-electron chi connectivity index (χ1n) is 7.09. The molecule has 0 aliphatic heterocycles. The summed E-state index contributed by atoms with van der Waals surface area (Å²) in [4.78, 5) is 6.78. The molecule has 0 spiro atoms. The van der Waals surface area contributed by atoms with Gasteiger partial charge in [0.1, 0.15) is 0 Å². The molecule has 3 rings (SSSR count). The van der Waals surface area contributed by atoms with Crippen LogP contribution < -0.4 is 10.6 Å². The Labute approximate surface area is 114 Å². The summed E-state index contributed by atoms with van der Waals surface area (Å²) in [5.41, 5.74) is 8.85. The van der Waals surface area contributed by atoms with Crippen molar-refractivity contribution in [2.24, 2.45) is 5.92 Å². The molecular formula is C16H21N3. The fourth-order valence-corrected chi connectivity index (χ4v) is 3.16. The zero-order chi connectivity index (χ0) is 13.2. The standard InChI is InChI=1S/C16H21N3/c1-19(11-12-4-2-3-5-12)16-8-9-18-15-10-13(17)6-7-14(15)16/h6-10,12H,2-5,11,17H2,1H3. The van der Waals surface area contributed by atoms with E-state index in [0.29, 0.717) is 0 Å². The van der Waals surface area contributed by atoms with Gasteiger partial charge in [-0.25, -0.2) is 0 Å². The van der Waals surface area contributed by atoms with Crippen LogP contribution in [-0.4, -0.2) is 18.6 Å². The van der Waals surface area contributed by atoms with Gasteiger partial charge in [0.2, 0.25) is 0 Å². The van der Waals surface area contributed by atoms with Crippen LogP contribution in [0, 0.1) is 5.92 Å². The molecule has 0 saturated heterocycles. The van der Waals surface area contributed by atoms with Crippen LogP contribution in [0.3, 0.4) is 0 Å². The molecule has 1 heterocycles. The van der Waals surface area contributed by atoms with E-state index in [0.717, 1.165) is 23.7 Å². The zero-order valence-electron chi connectivity index (χ0n) is 11.5. The van der Waals surface area contributed by atoms with E-state index in [1.54, 1.807) is 0 Å². The van der Waals surface area contributed by atoms with Crippen LogP contribution >= 0.6 is 0 Å². The van der Waals surface area contributed by atoms with Crippen molar-refractivity contribution in [3.05, 3.63) is 30.5 Å². The first-order valence-corrected chi connectivity index (χ1v) is 7.09. The fraction of sp³-hybridized carbons (Fsp3) is 0.438. The van der Waals surface area contributed by atoms with E-state index >= 15 is 0 Å². The largest absolute Gasteiger partial charge is 0.399 e. The molecule has 3 heteroatoms. The number of fused-ring (bicyclic) bond motifs is 1. The summed E-state index contributed by atoms with van der Waals surface area (Å²) in [7, 11) is 2.18. The van der Waals surface area contributed by atoms with Crippen LogP contribution in [0.25, 0.3) is 10.9 Å². The first kappa shape index (κ1) is 12.3. The Bertz CT molecular complexity index is 573. The molecule has 0 bridgehead atoms. The second kappa shape index (κ2) is 5.08. The topological polar surface area (TPSA) is 42.2 Å². The minimum absolute atomic E-state index is 0.774. The molecule has 1 fully saturated rings. The third kappa shape index (κ3) is 2.50. The number of pyridine rings is 1. The summed E-state index contributed by atoms with van der Waals surface area (Å²) in [5.74, 6) is 0.849. The third-order valence-electron chi connectivity index (χ3n) is 4.16. The maximum atomic E-state index is 5.83. The predicted molar refractivity (Wildman–Crippen MR) is 81.4 cm³/mol. The molecule has 1 saturated carbocycles. The summed E-state index contributed by atoms with van der Waals surface area (Å²) >= 11 is 0. The van der Waals surface area contributed by atoms with Gasteiger partial charge in [-0.05, 0) is 43.0 Å². The number of aromatic nitrogens is 1. The van der Waals surface area contributed by atoms with Gasteiger partial charge in [0.25, 0.3) is 0 Å². The van der Waals surface area contributed by atoms with Crippen molar-refractivity contribution < 1.29 is 0 Å². The Kier molecular flexibility index (Phi) is 3.28. The minimum atomic E-state index is 0.774. The van der Waals surface area contributed by atoms with Gasteiger partial charge in [-0.3, -0.25) is 4.98 Å². The lowest BCUT2D eigenvalue weighted by Crippen LogP contribution is -2.24. The van der Waals surface area contributed by atoms with Gasteiger partial charge in [0.15, 0.2) is 0 Å². The fourth-order valence-electron chi connectivity index (χ4n) is 3.16. The number of rotatable bonds is 3. The number of hydrogen-bond acceptors (Lipinski definition) is 3. The normalized spacial score (nSPS) is 16.1. The highest BCUT2D eigenvalue weighted by atomic mass is 15.1. The molecule has 2 aromatic rings. The Balaban J connectivity index is 1.90. The maximum Gasteiger partial charge on any atom is 0.0743 e. The van der Waals surface area contributed by atoms with Crippen molar-refractivity contribution in [1.29, 1.82) is 0 Å². The molecule has 3 nitrogen and oxygen atoms in total. The Morgan fingerprint density at radius 1 is 1.26 bits per heavy atom. The summed E-state index contributed by atoms with van der Waals surface area (Å²) in [6.45, 7) is 1.14.